The molecule has 1 amide bonds. The van der Waals surface area contributed by atoms with Crippen molar-refractivity contribution in [2.45, 2.75) is 5.75 Å². The van der Waals surface area contributed by atoms with E-state index in [2.05, 4.69) is 21.6 Å². The van der Waals surface area contributed by atoms with Gasteiger partial charge in [0.05, 0.1) is 16.8 Å². The maximum atomic E-state index is 13.0. The number of amides is 1. The summed E-state index contributed by atoms with van der Waals surface area (Å²) in [5.74, 6) is -0.420. The van der Waals surface area contributed by atoms with Crippen LogP contribution in [0.25, 0.3) is 21.7 Å². The van der Waals surface area contributed by atoms with Gasteiger partial charge in [0.15, 0.2) is 0 Å². The number of nitrogens with one attached hydrogen (secondary N) is 2. The van der Waals surface area contributed by atoms with E-state index in [1.54, 1.807) is 30.5 Å². The standard InChI is InChI=1S/C24H21N3O3S/c1-2-13-26-31(29,30)16-17-9-11-19(12-10-17)27-24(28)22-15-18-6-3-4-7-20(18)21-8-5-14-25-23(21)22/h2-12,14-15,26H,1,13,16H2,(H,27,28). The summed E-state index contributed by atoms with van der Waals surface area (Å²) in [4.78, 5) is 17.5. The molecule has 4 rings (SSSR count). The second-order valence-electron chi connectivity index (χ2n) is 7.09. The van der Waals surface area contributed by atoms with Gasteiger partial charge in [0.2, 0.25) is 10.0 Å². The summed E-state index contributed by atoms with van der Waals surface area (Å²) in [5.41, 5.74) is 2.30. The van der Waals surface area contributed by atoms with Crippen LogP contribution in [0, 0.1) is 0 Å². The van der Waals surface area contributed by atoms with Crippen molar-refractivity contribution in [3.8, 4) is 0 Å². The number of carbonyl (C=O) groups is 1. The van der Waals surface area contributed by atoms with Gasteiger partial charge < -0.3 is 5.32 Å². The zero-order chi connectivity index (χ0) is 21.8. The van der Waals surface area contributed by atoms with Gasteiger partial charge in [0.1, 0.15) is 0 Å². The molecule has 31 heavy (non-hydrogen) atoms. The third-order valence-corrected chi connectivity index (χ3v) is 6.19. The molecule has 0 fully saturated rings. The third kappa shape index (κ3) is 4.63. The Hall–Kier alpha value is -3.55. The van der Waals surface area contributed by atoms with Crippen LogP contribution in [0.15, 0.2) is 85.6 Å². The molecular weight excluding hydrogens is 410 g/mol. The van der Waals surface area contributed by atoms with Gasteiger partial charge in [-0.25, -0.2) is 13.1 Å². The Balaban J connectivity index is 1.58. The number of sulfonamides is 1. The highest BCUT2D eigenvalue weighted by Crippen LogP contribution is 2.28. The molecule has 1 heterocycles. The lowest BCUT2D eigenvalue weighted by Gasteiger charge is -2.11. The summed E-state index contributed by atoms with van der Waals surface area (Å²) in [7, 11) is -3.44. The topological polar surface area (TPSA) is 88.2 Å². The Bertz CT molecular complexity index is 1380. The van der Waals surface area contributed by atoms with Crippen molar-refractivity contribution in [3.63, 3.8) is 0 Å². The first-order valence-electron chi connectivity index (χ1n) is 9.72. The van der Waals surface area contributed by atoms with Crippen molar-refractivity contribution in [2.75, 3.05) is 11.9 Å². The van der Waals surface area contributed by atoms with Crippen LogP contribution in [0.5, 0.6) is 0 Å². The summed E-state index contributed by atoms with van der Waals surface area (Å²) in [5, 5.41) is 5.80. The summed E-state index contributed by atoms with van der Waals surface area (Å²) in [6.45, 7) is 3.68. The normalized spacial score (nSPS) is 11.5. The van der Waals surface area contributed by atoms with Crippen LogP contribution in [0.1, 0.15) is 15.9 Å². The number of hydrogen-bond donors (Lipinski definition) is 2. The van der Waals surface area contributed by atoms with Crippen LogP contribution >= 0.6 is 0 Å². The van der Waals surface area contributed by atoms with Gasteiger partial charge >= 0.3 is 0 Å². The minimum absolute atomic E-state index is 0.145. The summed E-state index contributed by atoms with van der Waals surface area (Å²) in [6.07, 6.45) is 3.16. The number of fused-ring (bicyclic) bond motifs is 3. The molecule has 0 saturated heterocycles. The van der Waals surface area contributed by atoms with E-state index in [0.717, 1.165) is 16.2 Å². The number of carbonyl (C=O) groups excluding carboxylic acids is 1. The monoisotopic (exact) mass is 431 g/mol. The Kier molecular flexibility index (Phi) is 5.79. The third-order valence-electron chi connectivity index (χ3n) is 4.87. The highest BCUT2D eigenvalue weighted by Gasteiger charge is 2.15. The van der Waals surface area contributed by atoms with E-state index in [1.165, 1.54) is 6.08 Å². The van der Waals surface area contributed by atoms with Crippen molar-refractivity contribution in [1.29, 1.82) is 0 Å². The molecule has 0 aliphatic rings. The second-order valence-corrected chi connectivity index (χ2v) is 8.90. The van der Waals surface area contributed by atoms with E-state index >= 15 is 0 Å². The Morgan fingerprint density at radius 1 is 1.00 bits per heavy atom. The number of pyridine rings is 1. The number of benzene rings is 3. The van der Waals surface area contributed by atoms with Crippen molar-refractivity contribution >= 4 is 43.3 Å². The number of anilines is 1. The predicted molar refractivity (Wildman–Crippen MR) is 124 cm³/mol. The molecule has 0 spiro atoms. The molecule has 1 aromatic heterocycles. The molecule has 0 aliphatic carbocycles. The van der Waals surface area contributed by atoms with Crippen LogP contribution in [0.2, 0.25) is 0 Å². The van der Waals surface area contributed by atoms with Crippen LogP contribution in [-0.2, 0) is 15.8 Å². The van der Waals surface area contributed by atoms with E-state index in [1.807, 2.05) is 42.5 Å². The quantitative estimate of drug-likeness (QED) is 0.338. The minimum Gasteiger partial charge on any atom is -0.322 e. The van der Waals surface area contributed by atoms with Crippen molar-refractivity contribution in [2.24, 2.45) is 0 Å². The van der Waals surface area contributed by atoms with Gasteiger partial charge in [-0.3, -0.25) is 9.78 Å². The maximum absolute atomic E-state index is 13.0. The smallest absolute Gasteiger partial charge is 0.257 e. The minimum atomic E-state index is -3.44. The summed E-state index contributed by atoms with van der Waals surface area (Å²) < 4.78 is 26.4. The van der Waals surface area contributed by atoms with Gasteiger partial charge in [-0.2, -0.15) is 0 Å². The Morgan fingerprint density at radius 3 is 2.52 bits per heavy atom. The number of hydrogen-bond acceptors (Lipinski definition) is 4. The predicted octanol–water partition coefficient (Wildman–Crippen LogP) is 4.25. The molecule has 0 unspecified atom stereocenters. The molecule has 0 bridgehead atoms. The van der Waals surface area contributed by atoms with Gasteiger partial charge in [0.25, 0.3) is 5.91 Å². The Morgan fingerprint density at radius 2 is 1.74 bits per heavy atom. The molecule has 6 nitrogen and oxygen atoms in total. The fourth-order valence-electron chi connectivity index (χ4n) is 3.44. The molecular formula is C24H21N3O3S. The highest BCUT2D eigenvalue weighted by molar-refractivity contribution is 7.88. The summed E-state index contributed by atoms with van der Waals surface area (Å²) in [6, 6.07) is 20.3. The molecule has 156 valence electrons. The lowest BCUT2D eigenvalue weighted by molar-refractivity contribution is 0.102. The molecule has 0 radical (unpaired) electrons. The largest absolute Gasteiger partial charge is 0.322 e. The highest BCUT2D eigenvalue weighted by atomic mass is 32.2. The SMILES string of the molecule is C=CCNS(=O)(=O)Cc1ccc(NC(=O)c2cc3ccccc3c3cccnc23)cc1. The van der Waals surface area contributed by atoms with Gasteiger partial charge in [-0.15, -0.1) is 6.58 Å². The van der Waals surface area contributed by atoms with E-state index in [-0.39, 0.29) is 18.2 Å². The van der Waals surface area contributed by atoms with Gasteiger partial charge in [-0.05, 0) is 40.6 Å². The molecule has 0 atom stereocenters. The number of aromatic nitrogens is 1. The van der Waals surface area contributed by atoms with Crippen LogP contribution in [0.4, 0.5) is 5.69 Å². The van der Waals surface area contributed by atoms with E-state index in [9.17, 15) is 13.2 Å². The van der Waals surface area contributed by atoms with Crippen molar-refractivity contribution in [3.05, 3.63) is 96.7 Å². The maximum Gasteiger partial charge on any atom is 0.257 e. The van der Waals surface area contributed by atoms with E-state index in [4.69, 9.17) is 0 Å². The average molecular weight is 432 g/mol. The molecule has 0 aliphatic heterocycles. The first-order valence-corrected chi connectivity index (χ1v) is 11.4. The van der Waals surface area contributed by atoms with Crippen LogP contribution < -0.4 is 10.0 Å². The van der Waals surface area contributed by atoms with Crippen molar-refractivity contribution in [1.82, 2.24) is 9.71 Å². The number of rotatable bonds is 7. The average Bonchev–Trinajstić information content (AvgIpc) is 2.78. The lowest BCUT2D eigenvalue weighted by atomic mass is 10.0. The van der Waals surface area contributed by atoms with Crippen LogP contribution in [-0.4, -0.2) is 25.9 Å². The lowest BCUT2D eigenvalue weighted by Crippen LogP contribution is -2.25. The molecule has 4 aromatic rings. The van der Waals surface area contributed by atoms with Crippen molar-refractivity contribution < 1.29 is 13.2 Å². The molecule has 2 N–H and O–H groups in total. The van der Waals surface area contributed by atoms with Crippen LogP contribution in [0.3, 0.4) is 0 Å². The molecule has 0 saturated carbocycles. The molecule has 3 aromatic carbocycles. The fraction of sp³-hybridized carbons (Fsp3) is 0.0833. The second kappa shape index (κ2) is 8.67. The number of nitrogens with zero attached hydrogens (tertiary/aromatic N) is 1. The molecule has 7 heteroatoms. The zero-order valence-corrected chi connectivity index (χ0v) is 17.5. The summed E-state index contributed by atoms with van der Waals surface area (Å²) >= 11 is 0. The fourth-order valence-corrected chi connectivity index (χ4v) is 4.55. The van der Waals surface area contributed by atoms with E-state index in [0.29, 0.717) is 22.3 Å². The van der Waals surface area contributed by atoms with Gasteiger partial charge in [0, 0.05) is 23.8 Å². The van der Waals surface area contributed by atoms with Gasteiger partial charge in [-0.1, -0.05) is 48.5 Å². The van der Waals surface area contributed by atoms with E-state index < -0.39 is 10.0 Å². The first-order chi connectivity index (χ1) is 15.0. The Labute approximate surface area is 180 Å². The zero-order valence-electron chi connectivity index (χ0n) is 16.7. The first kappa shape index (κ1) is 20.7.